The van der Waals surface area contributed by atoms with E-state index in [1.54, 1.807) is 0 Å². The smallest absolute Gasteiger partial charge is 0.119 e. The molecule has 0 spiro atoms. The van der Waals surface area contributed by atoms with Crippen molar-refractivity contribution in [3.05, 3.63) is 58.6 Å². The SMILES string of the molecule is Clc1ccc(OCCCCOc2ccc3c(c2)CCCC3)cc1. The molecule has 2 nitrogen and oxygen atoms in total. The van der Waals surface area contributed by atoms with E-state index in [-0.39, 0.29) is 0 Å². The van der Waals surface area contributed by atoms with Crippen LogP contribution in [0.15, 0.2) is 42.5 Å². The summed E-state index contributed by atoms with van der Waals surface area (Å²) in [5, 5.41) is 0.732. The largest absolute Gasteiger partial charge is 0.494 e. The molecule has 2 aromatic carbocycles. The molecule has 0 radical (unpaired) electrons. The maximum Gasteiger partial charge on any atom is 0.119 e. The summed E-state index contributed by atoms with van der Waals surface area (Å²) < 4.78 is 11.5. The van der Waals surface area contributed by atoms with Crippen molar-refractivity contribution in [2.24, 2.45) is 0 Å². The molecule has 122 valence electrons. The second-order valence-corrected chi connectivity index (χ2v) is 6.43. The fourth-order valence-electron chi connectivity index (χ4n) is 2.91. The zero-order chi connectivity index (χ0) is 15.9. The van der Waals surface area contributed by atoms with Crippen LogP contribution in [0, 0.1) is 0 Å². The van der Waals surface area contributed by atoms with Gasteiger partial charge in [-0.05, 0) is 86.1 Å². The van der Waals surface area contributed by atoms with Crippen molar-refractivity contribution in [1.82, 2.24) is 0 Å². The summed E-state index contributed by atoms with van der Waals surface area (Å²) in [7, 11) is 0. The highest BCUT2D eigenvalue weighted by molar-refractivity contribution is 6.30. The normalized spacial score (nSPS) is 13.4. The molecule has 0 N–H and O–H groups in total. The first-order valence-corrected chi connectivity index (χ1v) is 8.82. The van der Waals surface area contributed by atoms with Gasteiger partial charge in [0.2, 0.25) is 0 Å². The molecule has 0 saturated carbocycles. The minimum atomic E-state index is 0.704. The summed E-state index contributed by atoms with van der Waals surface area (Å²) in [5.41, 5.74) is 2.97. The number of fused-ring (bicyclic) bond motifs is 1. The number of benzene rings is 2. The van der Waals surface area contributed by atoms with Crippen molar-refractivity contribution in [3.8, 4) is 11.5 Å². The van der Waals surface area contributed by atoms with Crippen LogP contribution in [-0.2, 0) is 12.8 Å². The van der Waals surface area contributed by atoms with Crippen LogP contribution in [-0.4, -0.2) is 13.2 Å². The molecule has 2 aromatic rings. The Hall–Kier alpha value is -1.67. The number of halogens is 1. The average Bonchev–Trinajstić information content (AvgIpc) is 2.59. The van der Waals surface area contributed by atoms with Gasteiger partial charge in [-0.25, -0.2) is 0 Å². The van der Waals surface area contributed by atoms with Crippen molar-refractivity contribution in [1.29, 1.82) is 0 Å². The summed E-state index contributed by atoms with van der Waals surface area (Å²) in [5.74, 6) is 1.87. The average molecular weight is 331 g/mol. The van der Waals surface area contributed by atoms with Crippen molar-refractivity contribution >= 4 is 11.6 Å². The van der Waals surface area contributed by atoms with Gasteiger partial charge in [-0.1, -0.05) is 17.7 Å². The molecule has 0 aromatic heterocycles. The zero-order valence-corrected chi connectivity index (χ0v) is 14.1. The molecule has 0 bridgehead atoms. The van der Waals surface area contributed by atoms with Crippen LogP contribution >= 0.6 is 11.6 Å². The molecule has 1 aliphatic carbocycles. The second kappa shape index (κ2) is 8.26. The molecule has 0 fully saturated rings. The summed E-state index contributed by atoms with van der Waals surface area (Å²) in [6.07, 6.45) is 7.01. The van der Waals surface area contributed by atoms with Crippen LogP contribution < -0.4 is 9.47 Å². The Morgan fingerprint density at radius 3 is 2.09 bits per heavy atom. The highest BCUT2D eigenvalue weighted by Gasteiger charge is 2.09. The predicted molar refractivity (Wildman–Crippen MR) is 94.8 cm³/mol. The quantitative estimate of drug-likeness (QED) is 0.628. The molecule has 0 aliphatic heterocycles. The van der Waals surface area contributed by atoms with E-state index in [9.17, 15) is 0 Å². The fourth-order valence-corrected chi connectivity index (χ4v) is 3.04. The van der Waals surface area contributed by atoms with Gasteiger partial charge in [-0.3, -0.25) is 0 Å². The fraction of sp³-hybridized carbons (Fsp3) is 0.400. The lowest BCUT2D eigenvalue weighted by Crippen LogP contribution is -2.05. The zero-order valence-electron chi connectivity index (χ0n) is 13.4. The molecular formula is C20H23ClO2. The minimum Gasteiger partial charge on any atom is -0.494 e. The predicted octanol–water partition coefficient (Wildman–Crippen LogP) is 5.46. The highest BCUT2D eigenvalue weighted by Crippen LogP contribution is 2.25. The van der Waals surface area contributed by atoms with Gasteiger partial charge in [0.25, 0.3) is 0 Å². The number of unbranched alkanes of at least 4 members (excludes halogenated alkanes) is 1. The van der Waals surface area contributed by atoms with E-state index in [0.29, 0.717) is 6.61 Å². The van der Waals surface area contributed by atoms with Crippen molar-refractivity contribution in [3.63, 3.8) is 0 Å². The van der Waals surface area contributed by atoms with Crippen LogP contribution in [0.5, 0.6) is 11.5 Å². The Balaban J connectivity index is 1.34. The van der Waals surface area contributed by atoms with Crippen LogP contribution in [0.3, 0.4) is 0 Å². The lowest BCUT2D eigenvalue weighted by atomic mass is 9.92. The van der Waals surface area contributed by atoms with Gasteiger partial charge in [0.05, 0.1) is 13.2 Å². The third-order valence-electron chi connectivity index (χ3n) is 4.21. The maximum absolute atomic E-state index is 5.87. The molecule has 0 amide bonds. The van der Waals surface area contributed by atoms with Crippen LogP contribution in [0.1, 0.15) is 36.8 Å². The standard InChI is InChI=1S/C20H23ClO2/c21-18-8-11-19(12-9-18)22-13-3-4-14-23-20-10-7-16-5-1-2-6-17(16)15-20/h7-12,15H,1-6,13-14H2. The van der Waals surface area contributed by atoms with E-state index in [1.165, 1.54) is 36.8 Å². The molecule has 0 unspecified atom stereocenters. The molecular weight excluding hydrogens is 308 g/mol. The van der Waals surface area contributed by atoms with E-state index in [0.717, 1.165) is 36.0 Å². The first-order chi connectivity index (χ1) is 11.3. The van der Waals surface area contributed by atoms with Crippen LogP contribution in [0.25, 0.3) is 0 Å². The molecule has 0 atom stereocenters. The molecule has 0 heterocycles. The van der Waals surface area contributed by atoms with E-state index in [2.05, 4.69) is 18.2 Å². The van der Waals surface area contributed by atoms with E-state index in [4.69, 9.17) is 21.1 Å². The van der Waals surface area contributed by atoms with E-state index < -0.39 is 0 Å². The number of hydrogen-bond acceptors (Lipinski definition) is 2. The Bertz CT molecular complexity index is 622. The molecule has 3 rings (SSSR count). The number of rotatable bonds is 7. The number of aryl methyl sites for hydroxylation is 2. The lowest BCUT2D eigenvalue weighted by Gasteiger charge is -2.16. The van der Waals surface area contributed by atoms with Gasteiger partial charge >= 0.3 is 0 Å². The Morgan fingerprint density at radius 1 is 0.739 bits per heavy atom. The lowest BCUT2D eigenvalue weighted by molar-refractivity contribution is 0.266. The second-order valence-electron chi connectivity index (χ2n) is 6.00. The third-order valence-corrected chi connectivity index (χ3v) is 4.46. The monoisotopic (exact) mass is 330 g/mol. The number of hydrogen-bond donors (Lipinski definition) is 0. The Kier molecular flexibility index (Phi) is 5.82. The summed E-state index contributed by atoms with van der Waals surface area (Å²) in [6, 6.07) is 14.0. The summed E-state index contributed by atoms with van der Waals surface area (Å²) >= 11 is 5.84. The minimum absolute atomic E-state index is 0.704. The Labute approximate surface area is 143 Å². The topological polar surface area (TPSA) is 18.5 Å². The molecule has 1 aliphatic rings. The van der Waals surface area contributed by atoms with Gasteiger partial charge < -0.3 is 9.47 Å². The molecule has 23 heavy (non-hydrogen) atoms. The van der Waals surface area contributed by atoms with Crippen molar-refractivity contribution in [2.45, 2.75) is 38.5 Å². The first kappa shape index (κ1) is 16.2. The first-order valence-electron chi connectivity index (χ1n) is 8.44. The summed E-state index contributed by atoms with van der Waals surface area (Å²) in [4.78, 5) is 0. The van der Waals surface area contributed by atoms with E-state index >= 15 is 0 Å². The van der Waals surface area contributed by atoms with E-state index in [1.807, 2.05) is 24.3 Å². The van der Waals surface area contributed by atoms with Gasteiger partial charge in [-0.2, -0.15) is 0 Å². The maximum atomic E-state index is 5.87. The third kappa shape index (κ3) is 4.90. The van der Waals surface area contributed by atoms with Gasteiger partial charge in [0, 0.05) is 5.02 Å². The summed E-state index contributed by atoms with van der Waals surface area (Å²) in [6.45, 7) is 1.44. The molecule has 0 saturated heterocycles. The highest BCUT2D eigenvalue weighted by atomic mass is 35.5. The van der Waals surface area contributed by atoms with Gasteiger partial charge in [0.1, 0.15) is 11.5 Å². The van der Waals surface area contributed by atoms with Crippen LogP contribution in [0.4, 0.5) is 0 Å². The van der Waals surface area contributed by atoms with Crippen molar-refractivity contribution in [2.75, 3.05) is 13.2 Å². The van der Waals surface area contributed by atoms with Crippen molar-refractivity contribution < 1.29 is 9.47 Å². The Morgan fingerprint density at radius 2 is 1.35 bits per heavy atom. The molecule has 3 heteroatoms. The number of ether oxygens (including phenoxy) is 2. The van der Waals surface area contributed by atoms with Gasteiger partial charge in [0.15, 0.2) is 0 Å². The van der Waals surface area contributed by atoms with Crippen LogP contribution in [0.2, 0.25) is 5.02 Å². The van der Waals surface area contributed by atoms with Gasteiger partial charge in [-0.15, -0.1) is 0 Å².